The maximum Gasteiger partial charge on any atom is 0.0791 e. The monoisotopic (exact) mass is 148 g/mol. The first-order chi connectivity index (χ1) is 2.50. The molecule has 1 radical (unpaired) electrons. The number of aromatic nitrogens is 1. The Hall–Kier alpha value is 0.149. The van der Waals surface area contributed by atoms with Gasteiger partial charge in [0.05, 0.1) is 5.51 Å². The summed E-state index contributed by atoms with van der Waals surface area (Å²) in [5.41, 5.74) is 1.79. The van der Waals surface area contributed by atoms with Gasteiger partial charge >= 0.3 is 0 Å². The van der Waals surface area contributed by atoms with Crippen molar-refractivity contribution in [3.05, 3.63) is 17.1 Å². The van der Waals surface area contributed by atoms with Gasteiger partial charge in [-0.15, -0.1) is 11.3 Å². The summed E-state index contributed by atoms with van der Waals surface area (Å²) in [6, 6.07) is 0. The van der Waals surface area contributed by atoms with Crippen LogP contribution in [0.3, 0.4) is 0 Å². The number of nitrogens with zero attached hydrogens (tertiary/aromatic N) is 1. The van der Waals surface area contributed by atoms with Crippen LogP contribution in [0.1, 0.15) is 0 Å². The first-order valence-corrected chi connectivity index (χ1v) is 2.26. The summed E-state index contributed by atoms with van der Waals surface area (Å²) in [6.45, 7) is 0. The fourth-order valence-electron chi connectivity index (χ4n) is 0.176. The normalized spacial score (nSPS) is 6.67. The SMILES string of the molecule is [Cu].c1cscn1. The first-order valence-electron chi connectivity index (χ1n) is 1.32. The fraction of sp³-hybridized carbons (Fsp3) is 0. The van der Waals surface area contributed by atoms with Crippen molar-refractivity contribution in [2.24, 2.45) is 0 Å². The van der Waals surface area contributed by atoms with E-state index < -0.39 is 0 Å². The zero-order chi connectivity index (χ0) is 3.54. The zero-order valence-electron chi connectivity index (χ0n) is 2.89. The predicted molar refractivity (Wildman–Crippen MR) is 22.1 cm³/mol. The van der Waals surface area contributed by atoms with E-state index in [0.29, 0.717) is 0 Å². The van der Waals surface area contributed by atoms with E-state index in [1.54, 1.807) is 23.0 Å². The molecule has 0 fully saturated rings. The van der Waals surface area contributed by atoms with Gasteiger partial charge in [0.25, 0.3) is 0 Å². The van der Waals surface area contributed by atoms with Gasteiger partial charge in [0.1, 0.15) is 0 Å². The first kappa shape index (κ1) is 6.15. The molecule has 0 saturated heterocycles. The van der Waals surface area contributed by atoms with Crippen LogP contribution in [0.4, 0.5) is 0 Å². The molecule has 0 aliphatic heterocycles. The van der Waals surface area contributed by atoms with Gasteiger partial charge < -0.3 is 0 Å². The Bertz CT molecular complexity index is 67.3. The molecule has 1 aromatic rings. The van der Waals surface area contributed by atoms with Gasteiger partial charge in [-0.05, 0) is 0 Å². The van der Waals surface area contributed by atoms with E-state index in [2.05, 4.69) is 4.98 Å². The standard InChI is InChI=1S/C3H3NS.Cu/c1-2-5-3-4-1;/h1-3H;. The van der Waals surface area contributed by atoms with Crippen molar-refractivity contribution in [2.75, 3.05) is 0 Å². The van der Waals surface area contributed by atoms with Gasteiger partial charge in [-0.2, -0.15) is 0 Å². The van der Waals surface area contributed by atoms with E-state index in [9.17, 15) is 0 Å². The molecule has 1 nitrogen and oxygen atoms in total. The molecule has 0 bridgehead atoms. The van der Waals surface area contributed by atoms with Gasteiger partial charge in [0.15, 0.2) is 0 Å². The molecule has 1 heterocycles. The van der Waals surface area contributed by atoms with Crippen LogP contribution < -0.4 is 0 Å². The number of hydrogen-bond donors (Lipinski definition) is 0. The number of thiazole rings is 1. The van der Waals surface area contributed by atoms with Crippen molar-refractivity contribution in [1.82, 2.24) is 4.98 Å². The molecule has 0 unspecified atom stereocenters. The minimum absolute atomic E-state index is 0. The molecule has 0 saturated carbocycles. The van der Waals surface area contributed by atoms with Crippen LogP contribution in [0.15, 0.2) is 17.1 Å². The summed E-state index contributed by atoms with van der Waals surface area (Å²) in [6.07, 6.45) is 1.77. The summed E-state index contributed by atoms with van der Waals surface area (Å²) in [5, 5.41) is 1.93. The van der Waals surface area contributed by atoms with Gasteiger partial charge in [0.2, 0.25) is 0 Å². The Balaban J connectivity index is 0.000000250. The fourth-order valence-corrected chi connectivity index (χ4v) is 0.527. The van der Waals surface area contributed by atoms with Crippen LogP contribution in [-0.2, 0) is 17.1 Å². The Labute approximate surface area is 50.9 Å². The quantitative estimate of drug-likeness (QED) is 0.503. The third-order valence-corrected chi connectivity index (χ3v) is 0.869. The van der Waals surface area contributed by atoms with Crippen molar-refractivity contribution >= 4 is 11.3 Å². The smallest absolute Gasteiger partial charge is 0.0791 e. The third-order valence-electron chi connectivity index (χ3n) is 0.347. The summed E-state index contributed by atoms with van der Waals surface area (Å²) in [4.78, 5) is 3.74. The van der Waals surface area contributed by atoms with Crippen molar-refractivity contribution in [3.63, 3.8) is 0 Å². The molecule has 6 heavy (non-hydrogen) atoms. The van der Waals surface area contributed by atoms with Crippen LogP contribution in [-0.4, -0.2) is 4.98 Å². The minimum atomic E-state index is 0. The van der Waals surface area contributed by atoms with Crippen molar-refractivity contribution < 1.29 is 17.1 Å². The molecule has 1 rings (SSSR count). The van der Waals surface area contributed by atoms with E-state index in [4.69, 9.17) is 0 Å². The summed E-state index contributed by atoms with van der Waals surface area (Å²) < 4.78 is 0. The van der Waals surface area contributed by atoms with Crippen molar-refractivity contribution in [3.8, 4) is 0 Å². The Morgan fingerprint density at radius 2 is 2.33 bits per heavy atom. The van der Waals surface area contributed by atoms with Crippen molar-refractivity contribution in [2.45, 2.75) is 0 Å². The van der Waals surface area contributed by atoms with Gasteiger partial charge in [-0.1, -0.05) is 0 Å². The molecule has 0 aliphatic rings. The maximum atomic E-state index is 3.74. The third kappa shape index (κ3) is 1.55. The van der Waals surface area contributed by atoms with E-state index >= 15 is 0 Å². The molecular weight excluding hydrogens is 146 g/mol. The van der Waals surface area contributed by atoms with Crippen molar-refractivity contribution in [1.29, 1.82) is 0 Å². The van der Waals surface area contributed by atoms with Gasteiger partial charge in [-0.25, -0.2) is 0 Å². The molecule has 0 amide bonds. The molecule has 1 aromatic heterocycles. The summed E-state index contributed by atoms with van der Waals surface area (Å²) in [5.74, 6) is 0. The Morgan fingerprint density at radius 1 is 1.50 bits per heavy atom. The molecule has 0 N–H and O–H groups in total. The Morgan fingerprint density at radius 3 is 2.50 bits per heavy atom. The second kappa shape index (κ2) is 3.34. The van der Waals surface area contributed by atoms with Crippen LogP contribution in [0, 0.1) is 0 Å². The average molecular weight is 149 g/mol. The van der Waals surface area contributed by atoms with E-state index in [1.165, 1.54) is 0 Å². The topological polar surface area (TPSA) is 12.9 Å². The largest absolute Gasteiger partial charge is 0.253 e. The molecule has 3 heteroatoms. The van der Waals surface area contributed by atoms with Crippen LogP contribution in [0.5, 0.6) is 0 Å². The van der Waals surface area contributed by atoms with Crippen LogP contribution in [0.25, 0.3) is 0 Å². The second-order valence-corrected chi connectivity index (χ2v) is 1.43. The van der Waals surface area contributed by atoms with E-state index in [-0.39, 0.29) is 17.1 Å². The van der Waals surface area contributed by atoms with Crippen LogP contribution in [0.2, 0.25) is 0 Å². The van der Waals surface area contributed by atoms with Gasteiger partial charge in [0, 0.05) is 28.6 Å². The molecular formula is C3H3CuNS. The van der Waals surface area contributed by atoms with E-state index in [0.717, 1.165) is 0 Å². The number of rotatable bonds is 0. The summed E-state index contributed by atoms with van der Waals surface area (Å²) in [7, 11) is 0. The second-order valence-electron chi connectivity index (χ2n) is 0.676. The van der Waals surface area contributed by atoms with Gasteiger partial charge in [-0.3, -0.25) is 4.98 Å². The van der Waals surface area contributed by atoms with Crippen LogP contribution >= 0.6 is 11.3 Å². The molecule has 0 aromatic carbocycles. The molecule has 0 aliphatic carbocycles. The molecule has 37 valence electrons. The molecule has 0 spiro atoms. The molecule has 0 atom stereocenters. The predicted octanol–water partition coefficient (Wildman–Crippen LogP) is 1.14. The maximum absolute atomic E-state index is 3.74. The van der Waals surface area contributed by atoms with E-state index in [1.807, 2.05) is 5.38 Å². The minimum Gasteiger partial charge on any atom is -0.253 e. The zero-order valence-corrected chi connectivity index (χ0v) is 4.65. The Kier molecular flexibility index (Phi) is 3.43. The summed E-state index contributed by atoms with van der Waals surface area (Å²) >= 11 is 1.60. The number of hydrogen-bond acceptors (Lipinski definition) is 2. The average Bonchev–Trinajstić information content (AvgIpc) is 1.76.